The zero-order valence-corrected chi connectivity index (χ0v) is 14.0. The first-order valence-electron chi connectivity index (χ1n) is 8.21. The lowest BCUT2D eigenvalue weighted by molar-refractivity contribution is -0.117. The maximum absolute atomic E-state index is 12.6. The molecule has 0 aliphatic heterocycles. The molecule has 1 amide bonds. The molecule has 1 atom stereocenters. The molecule has 3 heteroatoms. The number of amides is 1. The highest BCUT2D eigenvalue weighted by atomic mass is 16.2. The predicted octanol–water partition coefficient (Wildman–Crippen LogP) is 4.66. The summed E-state index contributed by atoms with van der Waals surface area (Å²) in [4.78, 5) is 25.0. The van der Waals surface area contributed by atoms with Crippen molar-refractivity contribution in [2.75, 3.05) is 5.32 Å². The zero-order chi connectivity index (χ0) is 17.6. The molecule has 0 bridgehead atoms. The van der Waals surface area contributed by atoms with E-state index in [2.05, 4.69) is 5.32 Å². The lowest BCUT2D eigenvalue weighted by Crippen LogP contribution is -2.19. The first kappa shape index (κ1) is 16.7. The van der Waals surface area contributed by atoms with Crippen LogP contribution >= 0.6 is 0 Å². The monoisotopic (exact) mass is 329 g/mol. The largest absolute Gasteiger partial charge is 0.326 e. The molecule has 0 saturated heterocycles. The minimum Gasteiger partial charge on any atom is -0.326 e. The number of rotatable bonds is 5. The molecule has 0 heterocycles. The summed E-state index contributed by atoms with van der Waals surface area (Å²) in [6, 6.07) is 25.8. The molecule has 0 aromatic heterocycles. The summed E-state index contributed by atoms with van der Waals surface area (Å²) in [5, 5.41) is 2.90. The molecule has 0 aliphatic rings. The van der Waals surface area contributed by atoms with E-state index >= 15 is 0 Å². The van der Waals surface area contributed by atoms with Crippen LogP contribution in [0, 0.1) is 0 Å². The van der Waals surface area contributed by atoms with E-state index in [4.69, 9.17) is 0 Å². The predicted molar refractivity (Wildman–Crippen MR) is 99.8 cm³/mol. The quantitative estimate of drug-likeness (QED) is 0.692. The number of hydrogen-bond donors (Lipinski definition) is 1. The van der Waals surface area contributed by atoms with E-state index in [1.54, 1.807) is 24.3 Å². The molecule has 3 aromatic carbocycles. The fraction of sp³-hybridized carbons (Fsp3) is 0.0909. The van der Waals surface area contributed by atoms with E-state index in [-0.39, 0.29) is 17.6 Å². The molecule has 0 radical (unpaired) electrons. The molecule has 1 unspecified atom stereocenters. The van der Waals surface area contributed by atoms with Crippen molar-refractivity contribution in [3.05, 3.63) is 102 Å². The second-order valence-electron chi connectivity index (χ2n) is 5.90. The average Bonchev–Trinajstić information content (AvgIpc) is 2.68. The Labute approximate surface area is 147 Å². The number of anilines is 1. The Morgan fingerprint density at radius 1 is 0.760 bits per heavy atom. The van der Waals surface area contributed by atoms with Gasteiger partial charge in [0, 0.05) is 16.8 Å². The first-order valence-corrected chi connectivity index (χ1v) is 8.21. The molecule has 0 saturated carbocycles. The van der Waals surface area contributed by atoms with Crippen LogP contribution in [0.25, 0.3) is 0 Å². The van der Waals surface area contributed by atoms with Gasteiger partial charge in [0.2, 0.25) is 5.91 Å². The van der Waals surface area contributed by atoms with E-state index in [1.807, 2.05) is 67.6 Å². The lowest BCUT2D eigenvalue weighted by Gasteiger charge is -2.13. The molecule has 0 spiro atoms. The summed E-state index contributed by atoms with van der Waals surface area (Å²) in [6.45, 7) is 1.84. The van der Waals surface area contributed by atoms with Crippen LogP contribution < -0.4 is 5.32 Å². The van der Waals surface area contributed by atoms with Crippen LogP contribution in [-0.4, -0.2) is 11.7 Å². The van der Waals surface area contributed by atoms with E-state index in [1.165, 1.54) is 0 Å². The number of hydrogen-bond acceptors (Lipinski definition) is 2. The Bertz CT molecular complexity index is 873. The van der Waals surface area contributed by atoms with Gasteiger partial charge in [-0.05, 0) is 30.7 Å². The van der Waals surface area contributed by atoms with Gasteiger partial charge < -0.3 is 5.32 Å². The smallest absolute Gasteiger partial charge is 0.231 e. The van der Waals surface area contributed by atoms with Gasteiger partial charge in [0.15, 0.2) is 5.78 Å². The van der Waals surface area contributed by atoms with Gasteiger partial charge in [0.1, 0.15) is 0 Å². The normalized spacial score (nSPS) is 11.6. The highest BCUT2D eigenvalue weighted by Gasteiger charge is 2.17. The van der Waals surface area contributed by atoms with Gasteiger partial charge in [-0.15, -0.1) is 0 Å². The van der Waals surface area contributed by atoms with Gasteiger partial charge in [-0.25, -0.2) is 0 Å². The highest BCUT2D eigenvalue weighted by Crippen LogP contribution is 2.20. The Kier molecular flexibility index (Phi) is 5.05. The van der Waals surface area contributed by atoms with Crippen molar-refractivity contribution >= 4 is 17.4 Å². The van der Waals surface area contributed by atoms with E-state index < -0.39 is 0 Å². The molecule has 0 aliphatic carbocycles. The summed E-state index contributed by atoms with van der Waals surface area (Å²) >= 11 is 0. The summed E-state index contributed by atoms with van der Waals surface area (Å²) in [5.74, 6) is -0.502. The molecule has 1 N–H and O–H groups in total. The topological polar surface area (TPSA) is 46.2 Å². The standard InChI is InChI=1S/C22H19NO2/c1-16(22(25)23-20-13-6-3-7-14-20)18-11-8-12-19(15-18)21(24)17-9-4-2-5-10-17/h2-16H,1H3,(H,23,25). The van der Waals surface area contributed by atoms with Gasteiger partial charge in [-0.2, -0.15) is 0 Å². The average molecular weight is 329 g/mol. The van der Waals surface area contributed by atoms with Crippen LogP contribution in [0.3, 0.4) is 0 Å². The van der Waals surface area contributed by atoms with E-state index in [0.717, 1.165) is 11.3 Å². The minimum absolute atomic E-state index is 0.0434. The Morgan fingerprint density at radius 3 is 2.04 bits per heavy atom. The van der Waals surface area contributed by atoms with Gasteiger partial charge in [-0.1, -0.05) is 66.7 Å². The third-order valence-electron chi connectivity index (χ3n) is 4.12. The fourth-order valence-electron chi connectivity index (χ4n) is 2.63. The Morgan fingerprint density at radius 2 is 1.36 bits per heavy atom. The third kappa shape index (κ3) is 4.01. The molecule has 3 rings (SSSR count). The van der Waals surface area contributed by atoms with Crippen molar-refractivity contribution in [1.29, 1.82) is 0 Å². The Hall–Kier alpha value is -3.20. The molecule has 124 valence electrons. The number of nitrogens with one attached hydrogen (secondary N) is 1. The molecule has 3 nitrogen and oxygen atoms in total. The second-order valence-corrected chi connectivity index (χ2v) is 5.90. The molecular formula is C22H19NO2. The number of carbonyl (C=O) groups is 2. The SMILES string of the molecule is CC(C(=O)Nc1ccccc1)c1cccc(C(=O)c2ccccc2)c1. The van der Waals surface area contributed by atoms with Gasteiger partial charge in [0.05, 0.1) is 5.92 Å². The van der Waals surface area contributed by atoms with E-state index in [9.17, 15) is 9.59 Å². The number of ketones is 1. The highest BCUT2D eigenvalue weighted by molar-refractivity contribution is 6.09. The third-order valence-corrected chi connectivity index (χ3v) is 4.12. The van der Waals surface area contributed by atoms with Gasteiger partial charge in [-0.3, -0.25) is 9.59 Å². The molecule has 25 heavy (non-hydrogen) atoms. The van der Waals surface area contributed by atoms with Crippen LogP contribution in [0.1, 0.15) is 34.3 Å². The molecule has 3 aromatic rings. The molecular weight excluding hydrogens is 310 g/mol. The summed E-state index contributed by atoms with van der Waals surface area (Å²) in [5.41, 5.74) is 2.80. The van der Waals surface area contributed by atoms with Crippen molar-refractivity contribution in [3.63, 3.8) is 0 Å². The first-order chi connectivity index (χ1) is 12.1. The van der Waals surface area contributed by atoms with Crippen molar-refractivity contribution in [1.82, 2.24) is 0 Å². The van der Waals surface area contributed by atoms with Crippen molar-refractivity contribution in [3.8, 4) is 0 Å². The fourth-order valence-corrected chi connectivity index (χ4v) is 2.63. The maximum Gasteiger partial charge on any atom is 0.231 e. The molecule has 0 fully saturated rings. The second kappa shape index (κ2) is 7.58. The van der Waals surface area contributed by atoms with Crippen molar-refractivity contribution < 1.29 is 9.59 Å². The Balaban J connectivity index is 1.79. The van der Waals surface area contributed by atoms with Crippen molar-refractivity contribution in [2.45, 2.75) is 12.8 Å². The maximum atomic E-state index is 12.6. The van der Waals surface area contributed by atoms with E-state index in [0.29, 0.717) is 11.1 Å². The zero-order valence-electron chi connectivity index (χ0n) is 14.0. The van der Waals surface area contributed by atoms with Crippen LogP contribution in [0.2, 0.25) is 0 Å². The van der Waals surface area contributed by atoms with Crippen LogP contribution in [0.5, 0.6) is 0 Å². The summed E-state index contributed by atoms with van der Waals surface area (Å²) < 4.78 is 0. The van der Waals surface area contributed by atoms with Crippen LogP contribution in [0.4, 0.5) is 5.69 Å². The number of carbonyl (C=O) groups excluding carboxylic acids is 2. The summed E-state index contributed by atoms with van der Waals surface area (Å²) in [6.07, 6.45) is 0. The van der Waals surface area contributed by atoms with Gasteiger partial charge >= 0.3 is 0 Å². The summed E-state index contributed by atoms with van der Waals surface area (Å²) in [7, 11) is 0. The van der Waals surface area contributed by atoms with Crippen LogP contribution in [0.15, 0.2) is 84.9 Å². The van der Waals surface area contributed by atoms with Crippen molar-refractivity contribution in [2.24, 2.45) is 0 Å². The minimum atomic E-state index is -0.358. The lowest BCUT2D eigenvalue weighted by atomic mass is 9.95. The van der Waals surface area contributed by atoms with Gasteiger partial charge in [0.25, 0.3) is 0 Å². The van der Waals surface area contributed by atoms with Crippen LogP contribution in [-0.2, 0) is 4.79 Å². The number of para-hydroxylation sites is 1. The number of benzene rings is 3.